The lowest BCUT2D eigenvalue weighted by molar-refractivity contribution is -0.143. The molecule has 0 saturated heterocycles. The molecule has 36 heavy (non-hydrogen) atoms. The summed E-state index contributed by atoms with van der Waals surface area (Å²) in [5.41, 5.74) is 2.00. The zero-order chi connectivity index (χ0) is 25.7. The highest BCUT2D eigenvalue weighted by atomic mass is 32.1. The van der Waals surface area contributed by atoms with Crippen LogP contribution >= 0.6 is 11.3 Å². The number of ketones is 1. The molecule has 0 unspecified atom stereocenters. The van der Waals surface area contributed by atoms with Crippen molar-refractivity contribution in [3.05, 3.63) is 88.2 Å². The number of hydrogen-bond acceptors (Lipinski definition) is 7. The molecule has 0 N–H and O–H groups in total. The van der Waals surface area contributed by atoms with Gasteiger partial charge in [0, 0.05) is 28.8 Å². The Labute approximate surface area is 211 Å². The van der Waals surface area contributed by atoms with Gasteiger partial charge in [-0.2, -0.15) is 4.99 Å². The summed E-state index contributed by atoms with van der Waals surface area (Å²) in [7, 11) is 3.05. The van der Waals surface area contributed by atoms with E-state index in [2.05, 4.69) is 4.99 Å². The summed E-state index contributed by atoms with van der Waals surface area (Å²) in [6.07, 6.45) is 0. The fraction of sp³-hybridized carbons (Fsp3) is 0.185. The molecule has 3 aromatic carbocycles. The Balaban J connectivity index is 1.72. The van der Waals surface area contributed by atoms with Crippen LogP contribution in [0, 0.1) is 0 Å². The first-order valence-electron chi connectivity index (χ1n) is 11.1. The first kappa shape index (κ1) is 24.9. The Bertz CT molecular complexity index is 1490. The number of rotatable bonds is 8. The van der Waals surface area contributed by atoms with Gasteiger partial charge in [-0.15, -0.1) is 0 Å². The Morgan fingerprint density at radius 2 is 1.47 bits per heavy atom. The minimum absolute atomic E-state index is 0.125. The lowest BCUT2D eigenvalue weighted by Gasteiger charge is -2.09. The fourth-order valence-corrected chi connectivity index (χ4v) is 4.68. The molecule has 1 heterocycles. The lowest BCUT2D eigenvalue weighted by atomic mass is 10.0. The van der Waals surface area contributed by atoms with E-state index in [1.54, 1.807) is 72.2 Å². The van der Waals surface area contributed by atoms with Gasteiger partial charge in [0.2, 0.25) is 0 Å². The van der Waals surface area contributed by atoms with Gasteiger partial charge >= 0.3 is 5.97 Å². The van der Waals surface area contributed by atoms with Crippen molar-refractivity contribution in [2.45, 2.75) is 13.5 Å². The van der Waals surface area contributed by atoms with Crippen LogP contribution in [0.5, 0.6) is 11.5 Å². The molecule has 184 valence electrons. The van der Waals surface area contributed by atoms with Crippen molar-refractivity contribution in [2.24, 2.45) is 4.99 Å². The number of carbonyl (C=O) groups is 3. The van der Waals surface area contributed by atoms with Crippen molar-refractivity contribution in [1.82, 2.24) is 4.57 Å². The smallest absolute Gasteiger partial charge is 0.326 e. The molecule has 0 radical (unpaired) electrons. The molecular weight excluding hydrogens is 480 g/mol. The van der Waals surface area contributed by atoms with Gasteiger partial charge < -0.3 is 18.8 Å². The molecule has 0 saturated carbocycles. The number of thiazole rings is 1. The van der Waals surface area contributed by atoms with Gasteiger partial charge in [-0.25, -0.2) is 0 Å². The molecular formula is C27H24N2O6S. The molecule has 9 heteroatoms. The summed E-state index contributed by atoms with van der Waals surface area (Å²) in [5, 5.41) is 0. The van der Waals surface area contributed by atoms with Gasteiger partial charge in [0.15, 0.2) is 22.1 Å². The largest absolute Gasteiger partial charge is 0.493 e. The second-order valence-corrected chi connectivity index (χ2v) is 8.65. The highest BCUT2D eigenvalue weighted by Crippen LogP contribution is 2.33. The monoisotopic (exact) mass is 504 g/mol. The molecule has 0 bridgehead atoms. The average Bonchev–Trinajstić information content (AvgIpc) is 3.23. The van der Waals surface area contributed by atoms with Crippen LogP contribution in [0.2, 0.25) is 0 Å². The number of ether oxygens (including phenoxy) is 3. The SMILES string of the molecule is CCOC(=O)Cn1c(=NC(=O)c2ccc(C(=O)c3ccccc3)cc2)sc2cc(OC)c(OC)cc21. The van der Waals surface area contributed by atoms with Crippen molar-refractivity contribution >= 4 is 39.2 Å². The third kappa shape index (κ3) is 5.21. The molecule has 0 aliphatic rings. The van der Waals surface area contributed by atoms with E-state index in [0.717, 1.165) is 4.70 Å². The highest BCUT2D eigenvalue weighted by molar-refractivity contribution is 7.16. The molecule has 1 aromatic heterocycles. The average molecular weight is 505 g/mol. The summed E-state index contributed by atoms with van der Waals surface area (Å²) < 4.78 is 18.3. The number of aromatic nitrogens is 1. The van der Waals surface area contributed by atoms with Crippen molar-refractivity contribution < 1.29 is 28.6 Å². The summed E-state index contributed by atoms with van der Waals surface area (Å²) in [6, 6.07) is 18.8. The van der Waals surface area contributed by atoms with E-state index in [-0.39, 0.29) is 18.9 Å². The molecule has 4 rings (SSSR count). The highest BCUT2D eigenvalue weighted by Gasteiger charge is 2.17. The first-order chi connectivity index (χ1) is 17.4. The van der Waals surface area contributed by atoms with E-state index in [1.165, 1.54) is 25.6 Å². The van der Waals surface area contributed by atoms with Crippen molar-refractivity contribution in [1.29, 1.82) is 0 Å². The predicted octanol–water partition coefficient (Wildman–Crippen LogP) is 4.26. The fourth-order valence-electron chi connectivity index (χ4n) is 3.64. The maximum absolute atomic E-state index is 13.0. The molecule has 8 nitrogen and oxygen atoms in total. The molecule has 4 aromatic rings. The summed E-state index contributed by atoms with van der Waals surface area (Å²) in [6.45, 7) is 1.83. The number of amides is 1. The van der Waals surface area contributed by atoms with Crippen molar-refractivity contribution in [3.63, 3.8) is 0 Å². The van der Waals surface area contributed by atoms with Gasteiger partial charge in [-0.3, -0.25) is 14.4 Å². The van der Waals surface area contributed by atoms with E-state index in [1.807, 2.05) is 6.07 Å². The maximum atomic E-state index is 13.0. The summed E-state index contributed by atoms with van der Waals surface area (Å²) >= 11 is 1.24. The minimum Gasteiger partial charge on any atom is -0.493 e. The van der Waals surface area contributed by atoms with Crippen molar-refractivity contribution in [2.75, 3.05) is 20.8 Å². The molecule has 0 aliphatic heterocycles. The normalized spacial score (nSPS) is 11.4. The van der Waals surface area contributed by atoms with Crippen LogP contribution in [0.3, 0.4) is 0 Å². The molecule has 0 fully saturated rings. The molecule has 1 amide bonds. The quantitative estimate of drug-likeness (QED) is 0.263. The number of methoxy groups -OCH3 is 2. The number of esters is 1. The third-order valence-electron chi connectivity index (χ3n) is 5.41. The van der Waals surface area contributed by atoms with E-state index in [0.29, 0.717) is 38.5 Å². The molecule has 0 spiro atoms. The maximum Gasteiger partial charge on any atom is 0.326 e. The van der Waals surface area contributed by atoms with E-state index >= 15 is 0 Å². The number of fused-ring (bicyclic) bond motifs is 1. The molecule has 0 aliphatic carbocycles. The summed E-state index contributed by atoms with van der Waals surface area (Å²) in [5.74, 6) is -0.0873. The van der Waals surface area contributed by atoms with Crippen LogP contribution in [-0.2, 0) is 16.1 Å². The number of hydrogen-bond donors (Lipinski definition) is 0. The first-order valence-corrected chi connectivity index (χ1v) is 12.0. The van der Waals surface area contributed by atoms with Crippen molar-refractivity contribution in [3.8, 4) is 11.5 Å². The second kappa shape index (κ2) is 11.0. The number of carbonyl (C=O) groups excluding carboxylic acids is 3. The Morgan fingerprint density at radius 1 is 0.861 bits per heavy atom. The Kier molecular flexibility index (Phi) is 7.60. The van der Waals surface area contributed by atoms with Gasteiger partial charge in [-0.05, 0) is 19.1 Å². The Morgan fingerprint density at radius 3 is 2.11 bits per heavy atom. The topological polar surface area (TPSA) is 96.2 Å². The number of benzene rings is 3. The minimum atomic E-state index is -0.503. The third-order valence-corrected chi connectivity index (χ3v) is 6.45. The number of nitrogens with zero attached hydrogens (tertiary/aromatic N) is 2. The zero-order valence-corrected chi connectivity index (χ0v) is 20.8. The zero-order valence-electron chi connectivity index (χ0n) is 20.0. The van der Waals surface area contributed by atoms with Crippen LogP contribution in [0.4, 0.5) is 0 Å². The standard InChI is InChI=1S/C27H24N2O6S/c1-4-35-24(30)16-29-20-14-21(33-2)22(34-3)15-23(20)36-27(29)28-26(32)19-12-10-18(11-13-19)25(31)17-8-6-5-7-9-17/h5-15H,4,16H2,1-3H3. The van der Waals surface area contributed by atoms with Gasteiger partial charge in [0.25, 0.3) is 5.91 Å². The predicted molar refractivity (Wildman–Crippen MR) is 136 cm³/mol. The summed E-state index contributed by atoms with van der Waals surface area (Å²) in [4.78, 5) is 42.6. The van der Waals surface area contributed by atoms with Crippen LogP contribution in [0.25, 0.3) is 10.2 Å². The Hall–Kier alpha value is -4.24. The lowest BCUT2D eigenvalue weighted by Crippen LogP contribution is -2.23. The van der Waals surface area contributed by atoms with Crippen LogP contribution in [-0.4, -0.2) is 43.1 Å². The van der Waals surface area contributed by atoms with Gasteiger partial charge in [0.1, 0.15) is 6.54 Å². The van der Waals surface area contributed by atoms with E-state index in [9.17, 15) is 14.4 Å². The van der Waals surface area contributed by atoms with E-state index in [4.69, 9.17) is 14.2 Å². The van der Waals surface area contributed by atoms with E-state index < -0.39 is 11.9 Å². The molecule has 0 atom stereocenters. The van der Waals surface area contributed by atoms with Crippen LogP contribution in [0.1, 0.15) is 33.2 Å². The van der Waals surface area contributed by atoms with Crippen LogP contribution in [0.15, 0.2) is 71.7 Å². The van der Waals surface area contributed by atoms with Gasteiger partial charge in [-0.1, -0.05) is 53.8 Å². The second-order valence-electron chi connectivity index (χ2n) is 7.64. The van der Waals surface area contributed by atoms with Gasteiger partial charge in [0.05, 0.1) is 31.0 Å². The van der Waals surface area contributed by atoms with Crippen LogP contribution < -0.4 is 14.3 Å².